The van der Waals surface area contributed by atoms with Gasteiger partial charge in [-0.2, -0.15) is 0 Å². The van der Waals surface area contributed by atoms with Crippen molar-refractivity contribution in [2.24, 2.45) is 0 Å². The molecule has 1 aromatic heterocycles. The quantitative estimate of drug-likeness (QED) is 0.854. The van der Waals surface area contributed by atoms with E-state index in [9.17, 15) is 0 Å². The fourth-order valence-corrected chi connectivity index (χ4v) is 4.27. The first kappa shape index (κ1) is 12.9. The fraction of sp³-hybridized carbons (Fsp3) is 0.400. The SMILES string of the molecule is Clc1cc(Br)ccc1-c1cnc(C2CC3CCC2N3)[nH]1. The molecule has 0 saturated carbocycles. The van der Waals surface area contributed by atoms with Gasteiger partial charge in [0.05, 0.1) is 16.9 Å². The summed E-state index contributed by atoms with van der Waals surface area (Å²) in [5.74, 6) is 1.62. The molecular formula is C15H15BrClN3. The predicted octanol–water partition coefficient (Wildman–Crippen LogP) is 4.10. The number of H-pyrrole nitrogens is 1. The number of aromatic nitrogens is 2. The first-order valence-corrected chi connectivity index (χ1v) is 8.14. The van der Waals surface area contributed by atoms with Gasteiger partial charge in [-0.1, -0.05) is 33.6 Å². The Hall–Kier alpha value is -0.840. The topological polar surface area (TPSA) is 40.7 Å². The Balaban J connectivity index is 1.65. The number of nitrogens with one attached hydrogen (secondary N) is 2. The fourth-order valence-electron chi connectivity index (χ4n) is 3.50. The number of nitrogens with zero attached hydrogens (tertiary/aromatic N) is 1. The molecule has 3 nitrogen and oxygen atoms in total. The Kier molecular flexibility index (Phi) is 3.13. The van der Waals surface area contributed by atoms with Gasteiger partial charge in [0.25, 0.3) is 0 Å². The average molecular weight is 353 g/mol. The third-order valence-corrected chi connectivity index (χ3v) is 5.27. The van der Waals surface area contributed by atoms with Crippen molar-refractivity contribution in [1.29, 1.82) is 0 Å². The third-order valence-electron chi connectivity index (χ3n) is 4.47. The Morgan fingerprint density at radius 3 is 2.90 bits per heavy atom. The second-order valence-electron chi connectivity index (χ2n) is 5.70. The van der Waals surface area contributed by atoms with Crippen molar-refractivity contribution in [2.75, 3.05) is 0 Å². The third kappa shape index (κ3) is 2.10. The Morgan fingerprint density at radius 2 is 2.20 bits per heavy atom. The zero-order valence-corrected chi connectivity index (χ0v) is 13.2. The molecule has 2 saturated heterocycles. The van der Waals surface area contributed by atoms with Crippen LogP contribution in [0.2, 0.25) is 5.02 Å². The zero-order valence-electron chi connectivity index (χ0n) is 10.9. The van der Waals surface area contributed by atoms with Gasteiger partial charge >= 0.3 is 0 Å². The summed E-state index contributed by atoms with van der Waals surface area (Å²) < 4.78 is 0.989. The van der Waals surface area contributed by atoms with Gasteiger partial charge in [0.1, 0.15) is 5.82 Å². The van der Waals surface area contributed by atoms with Crippen molar-refractivity contribution >= 4 is 27.5 Å². The average Bonchev–Trinajstić information content (AvgIpc) is 3.14. The lowest BCUT2D eigenvalue weighted by Crippen LogP contribution is -2.22. The van der Waals surface area contributed by atoms with Crippen LogP contribution in [0.1, 0.15) is 31.0 Å². The predicted molar refractivity (Wildman–Crippen MR) is 84.0 cm³/mol. The Morgan fingerprint density at radius 1 is 1.30 bits per heavy atom. The van der Waals surface area contributed by atoms with E-state index in [2.05, 4.69) is 31.2 Å². The monoisotopic (exact) mass is 351 g/mol. The molecule has 5 heteroatoms. The number of aromatic amines is 1. The van der Waals surface area contributed by atoms with Crippen molar-refractivity contribution in [2.45, 2.75) is 37.3 Å². The summed E-state index contributed by atoms with van der Waals surface area (Å²) in [5, 5.41) is 4.39. The number of fused-ring (bicyclic) bond motifs is 2. The molecular weight excluding hydrogens is 338 g/mol. The molecule has 2 aliphatic heterocycles. The molecule has 3 atom stereocenters. The van der Waals surface area contributed by atoms with Crippen LogP contribution in [0.5, 0.6) is 0 Å². The number of hydrogen-bond donors (Lipinski definition) is 2. The van der Waals surface area contributed by atoms with Crippen LogP contribution in [-0.2, 0) is 0 Å². The lowest BCUT2D eigenvalue weighted by molar-refractivity contribution is 0.490. The van der Waals surface area contributed by atoms with E-state index in [0.717, 1.165) is 26.6 Å². The van der Waals surface area contributed by atoms with Crippen molar-refractivity contribution < 1.29 is 0 Å². The van der Waals surface area contributed by atoms with E-state index in [1.165, 1.54) is 19.3 Å². The smallest absolute Gasteiger partial charge is 0.111 e. The molecule has 2 fully saturated rings. The molecule has 20 heavy (non-hydrogen) atoms. The van der Waals surface area contributed by atoms with E-state index in [0.29, 0.717) is 18.0 Å². The van der Waals surface area contributed by atoms with Gasteiger partial charge in [-0.15, -0.1) is 0 Å². The molecule has 4 rings (SSSR count). The first-order valence-electron chi connectivity index (χ1n) is 6.97. The van der Waals surface area contributed by atoms with Gasteiger partial charge in [0.2, 0.25) is 0 Å². The number of halogens is 2. The number of imidazole rings is 1. The molecule has 2 aromatic rings. The maximum atomic E-state index is 6.31. The van der Waals surface area contributed by atoms with Gasteiger partial charge < -0.3 is 10.3 Å². The molecule has 0 spiro atoms. The summed E-state index contributed by atoms with van der Waals surface area (Å²) in [6.45, 7) is 0. The maximum absolute atomic E-state index is 6.31. The molecule has 0 radical (unpaired) electrons. The molecule has 0 aliphatic carbocycles. The van der Waals surface area contributed by atoms with E-state index in [-0.39, 0.29) is 0 Å². The minimum atomic E-state index is 0.525. The molecule has 3 heterocycles. The Labute approximate surface area is 131 Å². The van der Waals surface area contributed by atoms with Crippen molar-refractivity contribution in [3.05, 3.63) is 39.7 Å². The number of rotatable bonds is 2. The lowest BCUT2D eigenvalue weighted by atomic mass is 9.89. The van der Waals surface area contributed by atoms with Crippen LogP contribution < -0.4 is 5.32 Å². The number of hydrogen-bond acceptors (Lipinski definition) is 2. The minimum Gasteiger partial charge on any atom is -0.342 e. The van der Waals surface area contributed by atoms with Gasteiger partial charge in [-0.05, 0) is 31.4 Å². The molecule has 104 valence electrons. The summed E-state index contributed by atoms with van der Waals surface area (Å²) >= 11 is 9.74. The van der Waals surface area contributed by atoms with Gasteiger partial charge in [0, 0.05) is 28.0 Å². The molecule has 1 aromatic carbocycles. The van der Waals surface area contributed by atoms with Crippen LogP contribution in [0.25, 0.3) is 11.3 Å². The molecule has 2 N–H and O–H groups in total. The van der Waals surface area contributed by atoms with E-state index in [1.807, 2.05) is 24.4 Å². The lowest BCUT2D eigenvalue weighted by Gasteiger charge is -2.17. The van der Waals surface area contributed by atoms with Gasteiger partial charge in [0.15, 0.2) is 0 Å². The first-order chi connectivity index (χ1) is 9.70. The highest BCUT2D eigenvalue weighted by Gasteiger charge is 2.41. The summed E-state index contributed by atoms with van der Waals surface area (Å²) in [7, 11) is 0. The van der Waals surface area contributed by atoms with E-state index < -0.39 is 0 Å². The van der Waals surface area contributed by atoms with Crippen LogP contribution in [-0.4, -0.2) is 22.1 Å². The van der Waals surface area contributed by atoms with Crippen LogP contribution >= 0.6 is 27.5 Å². The summed E-state index contributed by atoms with van der Waals surface area (Å²) in [6.07, 6.45) is 5.68. The Bertz CT molecular complexity index is 654. The van der Waals surface area contributed by atoms with E-state index in [4.69, 9.17) is 11.6 Å². The highest BCUT2D eigenvalue weighted by Crippen LogP contribution is 2.39. The largest absolute Gasteiger partial charge is 0.342 e. The molecule has 2 bridgehead atoms. The highest BCUT2D eigenvalue weighted by atomic mass is 79.9. The maximum Gasteiger partial charge on any atom is 0.111 e. The van der Waals surface area contributed by atoms with Crippen molar-refractivity contribution in [3.63, 3.8) is 0 Å². The summed E-state index contributed by atoms with van der Waals surface area (Å²) in [6, 6.07) is 7.22. The summed E-state index contributed by atoms with van der Waals surface area (Å²) in [5.41, 5.74) is 2.00. The molecule has 3 unspecified atom stereocenters. The van der Waals surface area contributed by atoms with E-state index >= 15 is 0 Å². The standard InChI is InChI=1S/C15H15BrClN3/c16-8-1-3-10(12(17)5-8)14-7-18-15(20-14)11-6-9-2-4-13(11)19-9/h1,3,5,7,9,11,13,19H,2,4,6H2,(H,18,20). The normalized spacial score (nSPS) is 28.2. The second kappa shape index (κ2) is 4.86. The zero-order chi connectivity index (χ0) is 13.7. The van der Waals surface area contributed by atoms with Crippen LogP contribution in [0.4, 0.5) is 0 Å². The van der Waals surface area contributed by atoms with Crippen molar-refractivity contribution in [1.82, 2.24) is 15.3 Å². The van der Waals surface area contributed by atoms with Gasteiger partial charge in [-0.25, -0.2) is 4.98 Å². The summed E-state index contributed by atoms with van der Waals surface area (Å²) in [4.78, 5) is 8.06. The number of benzene rings is 1. The van der Waals surface area contributed by atoms with Crippen LogP contribution in [0.15, 0.2) is 28.9 Å². The molecule has 0 amide bonds. The minimum absolute atomic E-state index is 0.525. The second-order valence-corrected chi connectivity index (χ2v) is 7.02. The van der Waals surface area contributed by atoms with Crippen LogP contribution in [0, 0.1) is 0 Å². The van der Waals surface area contributed by atoms with Crippen LogP contribution in [0.3, 0.4) is 0 Å². The highest BCUT2D eigenvalue weighted by molar-refractivity contribution is 9.10. The van der Waals surface area contributed by atoms with E-state index in [1.54, 1.807) is 0 Å². The molecule has 2 aliphatic rings. The van der Waals surface area contributed by atoms with Gasteiger partial charge in [-0.3, -0.25) is 0 Å². The van der Waals surface area contributed by atoms with Crippen molar-refractivity contribution in [3.8, 4) is 11.3 Å².